The molecule has 8 heteroatoms. The second-order valence-electron chi connectivity index (χ2n) is 8.56. The zero-order chi connectivity index (χ0) is 20.3. The van der Waals surface area contributed by atoms with Crippen molar-refractivity contribution in [1.29, 1.82) is 0 Å². The van der Waals surface area contributed by atoms with Crippen LogP contribution >= 0.6 is 11.3 Å². The first-order valence-corrected chi connectivity index (χ1v) is 10.6. The van der Waals surface area contributed by atoms with E-state index in [2.05, 4.69) is 39.3 Å². The predicted octanol–water partition coefficient (Wildman–Crippen LogP) is 2.91. The molecule has 1 fully saturated rings. The van der Waals surface area contributed by atoms with E-state index in [0.717, 1.165) is 54.1 Å². The van der Waals surface area contributed by atoms with Crippen LogP contribution in [0.4, 0.5) is 5.82 Å². The largest absolute Gasteiger partial charge is 0.376 e. The van der Waals surface area contributed by atoms with E-state index in [4.69, 9.17) is 4.74 Å². The molecule has 28 heavy (non-hydrogen) atoms. The Hall–Kier alpha value is -1.77. The maximum absolute atomic E-state index is 12.8. The Morgan fingerprint density at radius 1 is 1.39 bits per heavy atom. The van der Waals surface area contributed by atoms with E-state index in [9.17, 15) is 4.79 Å². The van der Waals surface area contributed by atoms with Crippen molar-refractivity contribution in [2.75, 3.05) is 45.7 Å². The number of carbonyl (C=O) groups excluding carboxylic acids is 1. The average molecular weight is 406 g/mol. The molecule has 2 aromatic heterocycles. The van der Waals surface area contributed by atoms with Crippen molar-refractivity contribution in [3.63, 3.8) is 0 Å². The first kappa shape index (κ1) is 21.0. The lowest BCUT2D eigenvalue weighted by molar-refractivity contribution is 0.0933. The van der Waals surface area contributed by atoms with Crippen LogP contribution in [0.1, 0.15) is 41.9 Å². The molecule has 7 nitrogen and oxygen atoms in total. The SMILES string of the molecule is Cc1c(C(=O)NCC(C)(C)CN(C)C)sc2ncnc(NC[C@H]3CCCO3)c12. The summed E-state index contributed by atoms with van der Waals surface area (Å²) < 4.78 is 5.68. The van der Waals surface area contributed by atoms with Crippen molar-refractivity contribution in [3.8, 4) is 0 Å². The summed E-state index contributed by atoms with van der Waals surface area (Å²) in [6, 6.07) is 0. The molecule has 0 saturated carbocycles. The quantitative estimate of drug-likeness (QED) is 0.703. The van der Waals surface area contributed by atoms with Gasteiger partial charge < -0.3 is 20.3 Å². The fourth-order valence-electron chi connectivity index (χ4n) is 3.75. The van der Waals surface area contributed by atoms with Gasteiger partial charge in [-0.15, -0.1) is 11.3 Å². The Morgan fingerprint density at radius 2 is 2.18 bits per heavy atom. The van der Waals surface area contributed by atoms with E-state index in [1.807, 2.05) is 21.0 Å². The lowest BCUT2D eigenvalue weighted by Gasteiger charge is -2.28. The van der Waals surface area contributed by atoms with Crippen LogP contribution in [0.25, 0.3) is 10.2 Å². The number of ether oxygens (including phenoxy) is 1. The Labute approximate surface area is 170 Å². The van der Waals surface area contributed by atoms with Gasteiger partial charge in [0.2, 0.25) is 0 Å². The minimum atomic E-state index is -0.0441. The molecule has 1 aliphatic rings. The summed E-state index contributed by atoms with van der Waals surface area (Å²) in [5.74, 6) is 0.735. The van der Waals surface area contributed by atoms with Gasteiger partial charge in [0.15, 0.2) is 0 Å². The highest BCUT2D eigenvalue weighted by atomic mass is 32.1. The number of hydrogen-bond acceptors (Lipinski definition) is 7. The molecule has 0 spiro atoms. The Bertz CT molecular complexity index is 827. The zero-order valence-electron chi connectivity index (χ0n) is 17.5. The highest BCUT2D eigenvalue weighted by Gasteiger charge is 2.24. The highest BCUT2D eigenvalue weighted by molar-refractivity contribution is 7.20. The molecule has 0 aromatic carbocycles. The van der Waals surface area contributed by atoms with Crippen LogP contribution in [-0.2, 0) is 4.74 Å². The van der Waals surface area contributed by atoms with Gasteiger partial charge in [-0.25, -0.2) is 9.97 Å². The molecule has 154 valence electrons. The summed E-state index contributed by atoms with van der Waals surface area (Å²) in [6.07, 6.45) is 3.96. The number of carbonyl (C=O) groups is 1. The van der Waals surface area contributed by atoms with Gasteiger partial charge in [-0.1, -0.05) is 13.8 Å². The summed E-state index contributed by atoms with van der Waals surface area (Å²) in [7, 11) is 4.09. The normalized spacial score (nSPS) is 17.4. The molecule has 1 atom stereocenters. The summed E-state index contributed by atoms with van der Waals surface area (Å²) in [5.41, 5.74) is 0.927. The Kier molecular flexibility index (Phi) is 6.52. The molecule has 2 aromatic rings. The molecule has 1 saturated heterocycles. The zero-order valence-corrected chi connectivity index (χ0v) is 18.3. The molecule has 0 aliphatic carbocycles. The van der Waals surface area contributed by atoms with Crippen LogP contribution in [-0.4, -0.2) is 67.2 Å². The van der Waals surface area contributed by atoms with E-state index in [1.54, 1.807) is 6.33 Å². The van der Waals surface area contributed by atoms with Crippen LogP contribution in [0.3, 0.4) is 0 Å². The van der Waals surface area contributed by atoms with E-state index in [-0.39, 0.29) is 17.4 Å². The first-order valence-electron chi connectivity index (χ1n) is 9.79. The lowest BCUT2D eigenvalue weighted by Crippen LogP contribution is -2.39. The summed E-state index contributed by atoms with van der Waals surface area (Å²) in [6.45, 7) is 9.36. The molecule has 1 aliphatic heterocycles. The van der Waals surface area contributed by atoms with Gasteiger partial charge >= 0.3 is 0 Å². The van der Waals surface area contributed by atoms with Gasteiger partial charge in [-0.05, 0) is 44.8 Å². The number of thiophene rings is 1. The van der Waals surface area contributed by atoms with Crippen LogP contribution < -0.4 is 10.6 Å². The van der Waals surface area contributed by atoms with Crippen molar-refractivity contribution in [3.05, 3.63) is 16.8 Å². The van der Waals surface area contributed by atoms with Crippen LogP contribution in [0.15, 0.2) is 6.33 Å². The number of hydrogen-bond donors (Lipinski definition) is 2. The molecule has 3 heterocycles. The van der Waals surface area contributed by atoms with E-state index < -0.39 is 0 Å². The fraction of sp³-hybridized carbons (Fsp3) is 0.650. The molecular weight excluding hydrogens is 374 g/mol. The molecule has 1 amide bonds. The third kappa shape index (κ3) is 4.98. The smallest absolute Gasteiger partial charge is 0.261 e. The van der Waals surface area contributed by atoms with Gasteiger partial charge in [-0.2, -0.15) is 0 Å². The van der Waals surface area contributed by atoms with Gasteiger partial charge in [0, 0.05) is 26.2 Å². The number of amides is 1. The van der Waals surface area contributed by atoms with Gasteiger partial charge in [0.1, 0.15) is 17.0 Å². The minimum absolute atomic E-state index is 0.00243. The van der Waals surface area contributed by atoms with E-state index in [1.165, 1.54) is 11.3 Å². The summed E-state index contributed by atoms with van der Waals surface area (Å²) in [5, 5.41) is 7.43. The second-order valence-corrected chi connectivity index (χ2v) is 9.56. The minimum Gasteiger partial charge on any atom is -0.376 e. The third-order valence-corrected chi connectivity index (χ3v) is 6.12. The molecule has 0 bridgehead atoms. The Balaban J connectivity index is 1.74. The maximum Gasteiger partial charge on any atom is 0.261 e. The fourth-order valence-corrected chi connectivity index (χ4v) is 4.81. The third-order valence-electron chi connectivity index (χ3n) is 4.93. The summed E-state index contributed by atoms with van der Waals surface area (Å²) in [4.78, 5) is 25.3. The number of fused-ring (bicyclic) bond motifs is 1. The van der Waals surface area contributed by atoms with Crippen LogP contribution in [0.5, 0.6) is 0 Å². The number of aryl methyl sites for hydroxylation is 1. The first-order chi connectivity index (χ1) is 13.3. The number of aromatic nitrogens is 2. The molecule has 2 N–H and O–H groups in total. The maximum atomic E-state index is 12.8. The van der Waals surface area contributed by atoms with Gasteiger partial charge in [0.05, 0.1) is 16.4 Å². The molecule has 0 radical (unpaired) electrons. The standard InChI is InChI=1S/C20H31N5O2S/c1-13-15-17(21-9-14-7-6-8-27-14)23-12-24-19(15)28-16(13)18(26)22-10-20(2,3)11-25(4)5/h12,14H,6-11H2,1-5H3,(H,22,26)(H,21,23,24)/t14-/m1/s1. The topological polar surface area (TPSA) is 79.4 Å². The van der Waals surface area contributed by atoms with E-state index in [0.29, 0.717) is 11.4 Å². The van der Waals surface area contributed by atoms with Crippen molar-refractivity contribution >= 4 is 33.3 Å². The van der Waals surface area contributed by atoms with Crippen molar-refractivity contribution < 1.29 is 9.53 Å². The van der Waals surface area contributed by atoms with Crippen molar-refractivity contribution in [2.45, 2.75) is 39.7 Å². The highest BCUT2D eigenvalue weighted by Crippen LogP contribution is 2.33. The Morgan fingerprint density at radius 3 is 2.86 bits per heavy atom. The number of nitrogens with zero attached hydrogens (tertiary/aromatic N) is 3. The predicted molar refractivity (Wildman–Crippen MR) is 114 cm³/mol. The second kappa shape index (κ2) is 8.71. The number of rotatable bonds is 8. The van der Waals surface area contributed by atoms with Crippen molar-refractivity contribution in [1.82, 2.24) is 20.2 Å². The lowest BCUT2D eigenvalue weighted by atomic mass is 9.93. The van der Waals surface area contributed by atoms with Gasteiger partial charge in [-0.3, -0.25) is 4.79 Å². The van der Waals surface area contributed by atoms with Crippen LogP contribution in [0.2, 0.25) is 0 Å². The average Bonchev–Trinajstić information content (AvgIpc) is 3.25. The monoisotopic (exact) mass is 405 g/mol. The van der Waals surface area contributed by atoms with Crippen molar-refractivity contribution in [2.24, 2.45) is 5.41 Å². The van der Waals surface area contributed by atoms with E-state index >= 15 is 0 Å². The number of anilines is 1. The number of nitrogens with one attached hydrogen (secondary N) is 2. The molecular formula is C20H31N5O2S. The summed E-state index contributed by atoms with van der Waals surface area (Å²) >= 11 is 1.42. The molecule has 0 unspecified atom stereocenters. The molecule has 3 rings (SSSR count). The van der Waals surface area contributed by atoms with Gasteiger partial charge in [0.25, 0.3) is 5.91 Å². The van der Waals surface area contributed by atoms with Crippen LogP contribution in [0, 0.1) is 12.3 Å².